The fourth-order valence-electron chi connectivity index (χ4n) is 1.92. The minimum atomic E-state index is -0.842. The summed E-state index contributed by atoms with van der Waals surface area (Å²) in [5.74, 6) is 0.271. The average Bonchev–Trinajstić information content (AvgIpc) is 2.52. The third kappa shape index (κ3) is 4.13. The van der Waals surface area contributed by atoms with Gasteiger partial charge in [-0.15, -0.1) is 0 Å². The third-order valence-electron chi connectivity index (χ3n) is 3.11. The summed E-state index contributed by atoms with van der Waals surface area (Å²) >= 11 is 11.8. The maximum absolute atomic E-state index is 12.1. The van der Waals surface area contributed by atoms with Crippen molar-refractivity contribution >= 4 is 29.1 Å². The Labute approximate surface area is 138 Å². The van der Waals surface area contributed by atoms with Gasteiger partial charge in [-0.25, -0.2) is 0 Å². The van der Waals surface area contributed by atoms with Crippen LogP contribution in [-0.2, 0) is 0 Å². The number of carbonyl (C=O) groups excluding carboxylic acids is 1. The number of amides is 1. The lowest BCUT2D eigenvalue weighted by Crippen LogP contribution is -2.28. The Morgan fingerprint density at radius 1 is 1.27 bits per heavy atom. The molecule has 0 heterocycles. The number of methoxy groups -OCH3 is 1. The van der Waals surface area contributed by atoms with Crippen LogP contribution in [0.4, 0.5) is 0 Å². The first-order chi connectivity index (χ1) is 10.5. The zero-order valence-electron chi connectivity index (χ0n) is 11.8. The van der Waals surface area contributed by atoms with E-state index in [9.17, 15) is 9.90 Å². The second kappa shape index (κ2) is 7.49. The van der Waals surface area contributed by atoms with Crippen molar-refractivity contribution in [1.29, 1.82) is 0 Å². The molecule has 2 rings (SSSR count). The molecule has 0 radical (unpaired) electrons. The van der Waals surface area contributed by atoms with Crippen LogP contribution in [0.15, 0.2) is 42.5 Å². The molecule has 0 fully saturated rings. The Bertz CT molecular complexity index is 676. The van der Waals surface area contributed by atoms with Gasteiger partial charge in [0.25, 0.3) is 5.91 Å². The molecule has 0 spiro atoms. The molecule has 2 aromatic rings. The van der Waals surface area contributed by atoms with Crippen molar-refractivity contribution in [3.8, 4) is 5.75 Å². The van der Waals surface area contributed by atoms with Gasteiger partial charge < -0.3 is 15.2 Å². The van der Waals surface area contributed by atoms with Crippen molar-refractivity contribution in [2.24, 2.45) is 0 Å². The highest BCUT2D eigenvalue weighted by molar-refractivity contribution is 6.36. The number of aliphatic hydroxyl groups is 1. The van der Waals surface area contributed by atoms with Gasteiger partial charge in [0.05, 0.1) is 23.8 Å². The number of halogens is 2. The molecule has 1 unspecified atom stereocenters. The first kappa shape index (κ1) is 16.6. The van der Waals surface area contributed by atoms with E-state index < -0.39 is 6.10 Å². The second-order valence-corrected chi connectivity index (χ2v) is 5.47. The summed E-state index contributed by atoms with van der Waals surface area (Å²) in [4.78, 5) is 12.1. The van der Waals surface area contributed by atoms with Gasteiger partial charge in [0, 0.05) is 11.6 Å². The zero-order chi connectivity index (χ0) is 16.1. The van der Waals surface area contributed by atoms with Crippen molar-refractivity contribution in [2.75, 3.05) is 13.7 Å². The van der Waals surface area contributed by atoms with Crippen molar-refractivity contribution in [3.63, 3.8) is 0 Å². The number of carbonyl (C=O) groups is 1. The van der Waals surface area contributed by atoms with E-state index in [-0.39, 0.29) is 17.5 Å². The largest absolute Gasteiger partial charge is 0.497 e. The maximum Gasteiger partial charge on any atom is 0.252 e. The summed E-state index contributed by atoms with van der Waals surface area (Å²) in [6.07, 6.45) is -0.842. The number of aliphatic hydroxyl groups excluding tert-OH is 1. The van der Waals surface area contributed by atoms with E-state index >= 15 is 0 Å². The Morgan fingerprint density at radius 2 is 2.05 bits per heavy atom. The quantitative estimate of drug-likeness (QED) is 0.876. The molecule has 22 heavy (non-hydrogen) atoms. The second-order valence-electron chi connectivity index (χ2n) is 4.63. The van der Waals surface area contributed by atoms with Crippen LogP contribution in [-0.4, -0.2) is 24.7 Å². The van der Waals surface area contributed by atoms with Crippen molar-refractivity contribution in [2.45, 2.75) is 6.10 Å². The molecular weight excluding hydrogens is 325 g/mol. The maximum atomic E-state index is 12.1. The number of benzene rings is 2. The van der Waals surface area contributed by atoms with Crippen LogP contribution in [0.1, 0.15) is 22.0 Å². The zero-order valence-corrected chi connectivity index (χ0v) is 13.4. The van der Waals surface area contributed by atoms with Gasteiger partial charge in [0.15, 0.2) is 0 Å². The third-order valence-corrected chi connectivity index (χ3v) is 3.66. The minimum Gasteiger partial charge on any atom is -0.497 e. The number of hydrogen-bond acceptors (Lipinski definition) is 3. The van der Waals surface area contributed by atoms with Crippen LogP contribution < -0.4 is 10.1 Å². The predicted octanol–water partition coefficient (Wildman–Crippen LogP) is 3.47. The standard InChI is InChI=1S/C16H15Cl2NO3/c1-22-12-4-2-3-10(7-12)15(20)9-19-16(21)13-6-5-11(17)8-14(13)18/h2-8,15,20H,9H2,1H3,(H,19,21). The minimum absolute atomic E-state index is 0.0605. The molecule has 1 amide bonds. The summed E-state index contributed by atoms with van der Waals surface area (Å²) < 4.78 is 5.10. The highest BCUT2D eigenvalue weighted by Crippen LogP contribution is 2.22. The van der Waals surface area contributed by atoms with Gasteiger partial charge in [-0.3, -0.25) is 4.79 Å². The Morgan fingerprint density at radius 3 is 2.73 bits per heavy atom. The Hall–Kier alpha value is -1.75. The molecule has 0 aromatic heterocycles. The topological polar surface area (TPSA) is 58.6 Å². The fourth-order valence-corrected chi connectivity index (χ4v) is 2.42. The van der Waals surface area contributed by atoms with E-state index in [0.29, 0.717) is 21.9 Å². The Kier molecular flexibility index (Phi) is 5.66. The number of ether oxygens (including phenoxy) is 1. The molecule has 0 aliphatic carbocycles. The normalized spacial score (nSPS) is 11.8. The summed E-state index contributed by atoms with van der Waals surface area (Å²) in [6, 6.07) is 11.6. The van der Waals surface area contributed by atoms with Crippen LogP contribution in [0.5, 0.6) is 5.75 Å². The lowest BCUT2D eigenvalue weighted by molar-refractivity contribution is 0.0916. The van der Waals surface area contributed by atoms with Gasteiger partial charge in [-0.05, 0) is 35.9 Å². The molecule has 0 aliphatic rings. The smallest absolute Gasteiger partial charge is 0.252 e. The van der Waals surface area contributed by atoms with E-state index in [4.69, 9.17) is 27.9 Å². The number of nitrogens with one attached hydrogen (secondary N) is 1. The van der Waals surface area contributed by atoms with Crippen LogP contribution in [0.25, 0.3) is 0 Å². The molecule has 1 atom stereocenters. The monoisotopic (exact) mass is 339 g/mol. The molecule has 2 aromatic carbocycles. The lowest BCUT2D eigenvalue weighted by Gasteiger charge is -2.13. The summed E-state index contributed by atoms with van der Waals surface area (Å²) in [6.45, 7) is 0.0605. The van der Waals surface area contributed by atoms with Gasteiger partial charge in [0.2, 0.25) is 0 Å². The fraction of sp³-hybridized carbons (Fsp3) is 0.188. The molecule has 2 N–H and O–H groups in total. The SMILES string of the molecule is COc1cccc(C(O)CNC(=O)c2ccc(Cl)cc2Cl)c1. The summed E-state index contributed by atoms with van der Waals surface area (Å²) in [5.41, 5.74) is 0.964. The molecule has 0 saturated heterocycles. The van der Waals surface area contributed by atoms with Gasteiger partial charge in [0.1, 0.15) is 5.75 Å². The summed E-state index contributed by atoms with van der Waals surface area (Å²) in [5, 5.41) is 13.5. The number of rotatable bonds is 5. The van der Waals surface area contributed by atoms with Crippen molar-refractivity contribution in [1.82, 2.24) is 5.32 Å². The van der Waals surface area contributed by atoms with E-state index in [1.807, 2.05) is 0 Å². The first-order valence-electron chi connectivity index (χ1n) is 6.56. The molecular formula is C16H15Cl2NO3. The molecule has 0 saturated carbocycles. The first-order valence-corrected chi connectivity index (χ1v) is 7.32. The van der Waals surface area contributed by atoms with Gasteiger partial charge in [-0.2, -0.15) is 0 Å². The van der Waals surface area contributed by atoms with Crippen LogP contribution in [0.3, 0.4) is 0 Å². The van der Waals surface area contributed by atoms with Crippen molar-refractivity contribution in [3.05, 3.63) is 63.6 Å². The highest BCUT2D eigenvalue weighted by atomic mass is 35.5. The highest BCUT2D eigenvalue weighted by Gasteiger charge is 2.14. The average molecular weight is 340 g/mol. The molecule has 0 bridgehead atoms. The number of hydrogen-bond donors (Lipinski definition) is 2. The lowest BCUT2D eigenvalue weighted by atomic mass is 10.1. The van der Waals surface area contributed by atoms with Gasteiger partial charge >= 0.3 is 0 Å². The molecule has 4 nitrogen and oxygen atoms in total. The van der Waals surface area contributed by atoms with Crippen LogP contribution in [0, 0.1) is 0 Å². The van der Waals surface area contributed by atoms with E-state index in [0.717, 1.165) is 0 Å². The van der Waals surface area contributed by atoms with Crippen LogP contribution in [0.2, 0.25) is 10.0 Å². The van der Waals surface area contributed by atoms with Gasteiger partial charge in [-0.1, -0.05) is 35.3 Å². The van der Waals surface area contributed by atoms with Crippen molar-refractivity contribution < 1.29 is 14.6 Å². The van der Waals surface area contributed by atoms with E-state index in [1.165, 1.54) is 12.1 Å². The summed E-state index contributed by atoms with van der Waals surface area (Å²) in [7, 11) is 1.55. The van der Waals surface area contributed by atoms with E-state index in [2.05, 4.69) is 5.32 Å². The van der Waals surface area contributed by atoms with E-state index in [1.54, 1.807) is 37.4 Å². The predicted molar refractivity (Wildman–Crippen MR) is 86.7 cm³/mol. The van der Waals surface area contributed by atoms with Crippen LogP contribution >= 0.6 is 23.2 Å². The molecule has 0 aliphatic heterocycles. The Balaban J connectivity index is 2.00. The molecule has 116 valence electrons. The molecule has 6 heteroatoms.